The molecule has 0 aromatic rings. The Kier molecular flexibility index (Phi) is 5.14. The van der Waals surface area contributed by atoms with Gasteiger partial charge in [0.25, 0.3) is 0 Å². The van der Waals surface area contributed by atoms with Gasteiger partial charge < -0.3 is 19.3 Å². The number of aliphatic hydroxyl groups excluding tert-OH is 1. The Balaban J connectivity index is 1.44. The minimum Gasteiger partial charge on any atom is -0.458 e. The molecule has 0 aromatic carbocycles. The molecule has 4 saturated carbocycles. The Morgan fingerprint density at radius 1 is 1.22 bits per heavy atom. The lowest BCUT2D eigenvalue weighted by atomic mass is 9.44. The zero-order chi connectivity index (χ0) is 25.7. The van der Waals surface area contributed by atoms with E-state index < -0.39 is 58.6 Å². The number of fused-ring (bicyclic) bond motifs is 7. The van der Waals surface area contributed by atoms with Gasteiger partial charge in [0.05, 0.1) is 12.2 Å². The Morgan fingerprint density at radius 2 is 1.94 bits per heavy atom. The molecule has 1 N–H and O–H groups in total. The van der Waals surface area contributed by atoms with Crippen LogP contribution in [-0.2, 0) is 28.6 Å². The second-order valence-corrected chi connectivity index (χ2v) is 12.3. The van der Waals surface area contributed by atoms with Crippen LogP contribution in [0.4, 0.5) is 4.39 Å². The molecular weight excluding hydrogens is 467 g/mol. The average molecular weight is 503 g/mol. The third-order valence-electron chi connectivity index (χ3n) is 10.7. The number of allylic oxidation sites excluding steroid dienone is 4. The SMILES string of the molecule is CC(=O)OCC(=O)[C@@]12OC3(CCCC3)OC1C[C@H]1[C@@H]3CCC4=CC(=O)C=C[C@]4(C)[C@@]3(F)[C@@H](O)C[C@@]12C. The summed E-state index contributed by atoms with van der Waals surface area (Å²) in [5.41, 5.74) is -4.72. The third-order valence-corrected chi connectivity index (χ3v) is 10.7. The minimum absolute atomic E-state index is 0.0110. The number of aliphatic hydroxyl groups is 1. The van der Waals surface area contributed by atoms with Gasteiger partial charge in [-0.05, 0) is 63.5 Å². The maximum Gasteiger partial charge on any atom is 0.303 e. The van der Waals surface area contributed by atoms with Crippen molar-refractivity contribution < 1.29 is 38.1 Å². The van der Waals surface area contributed by atoms with E-state index in [2.05, 4.69) is 0 Å². The van der Waals surface area contributed by atoms with Crippen LogP contribution in [0.5, 0.6) is 0 Å². The summed E-state index contributed by atoms with van der Waals surface area (Å²) in [6.07, 6.45) is 7.23. The molecule has 1 unspecified atom stereocenters. The fourth-order valence-corrected chi connectivity index (χ4v) is 9.04. The minimum atomic E-state index is -2.00. The predicted molar refractivity (Wildman–Crippen MR) is 125 cm³/mol. The molecule has 0 amide bonds. The first kappa shape index (κ1) is 24.4. The van der Waals surface area contributed by atoms with E-state index in [1.807, 2.05) is 6.92 Å². The zero-order valence-electron chi connectivity index (χ0n) is 21.2. The highest BCUT2D eigenvalue weighted by atomic mass is 19.1. The van der Waals surface area contributed by atoms with Crippen LogP contribution in [0.15, 0.2) is 23.8 Å². The molecule has 6 rings (SSSR count). The van der Waals surface area contributed by atoms with Gasteiger partial charge >= 0.3 is 5.97 Å². The van der Waals surface area contributed by atoms with Crippen LogP contribution in [0, 0.1) is 22.7 Å². The third kappa shape index (κ3) is 2.81. The van der Waals surface area contributed by atoms with E-state index in [-0.39, 0.29) is 23.9 Å². The van der Waals surface area contributed by atoms with Crippen molar-refractivity contribution in [2.45, 2.75) is 101 Å². The Labute approximate surface area is 210 Å². The fraction of sp³-hybridized carbons (Fsp3) is 0.750. The number of ketones is 2. The van der Waals surface area contributed by atoms with Crippen molar-refractivity contribution in [2.75, 3.05) is 6.61 Å². The Morgan fingerprint density at radius 3 is 2.64 bits per heavy atom. The molecule has 1 spiro atoms. The number of carbonyl (C=O) groups is 3. The van der Waals surface area contributed by atoms with Crippen LogP contribution < -0.4 is 0 Å². The van der Waals surface area contributed by atoms with E-state index in [0.717, 1.165) is 12.8 Å². The van der Waals surface area contributed by atoms with Crippen molar-refractivity contribution in [1.82, 2.24) is 0 Å². The standard InChI is InChI=1S/C28H35FO7/c1-16(30)34-15-22(33)28-23(35-26(36-28)9-4-5-10-26)13-20-19-7-6-17-12-18(31)8-11-24(17,2)27(19,29)21(32)14-25(20,28)3/h8,11-12,19-21,23,32H,4-7,9-10,13-15H2,1-3H3/t19-,20-,21-,23?,24-,25-,27-,28+/m0/s1. The maximum absolute atomic E-state index is 17.4. The molecule has 196 valence electrons. The van der Waals surface area contributed by atoms with Crippen LogP contribution in [0.2, 0.25) is 0 Å². The average Bonchev–Trinajstić information content (AvgIpc) is 3.47. The molecule has 0 aromatic heterocycles. The van der Waals surface area contributed by atoms with Crippen molar-refractivity contribution in [1.29, 1.82) is 0 Å². The molecule has 0 radical (unpaired) electrons. The molecule has 1 aliphatic heterocycles. The Bertz CT molecular complexity index is 1090. The topological polar surface area (TPSA) is 99.1 Å². The van der Waals surface area contributed by atoms with Gasteiger partial charge in [-0.2, -0.15) is 0 Å². The van der Waals surface area contributed by atoms with Crippen LogP contribution in [-0.4, -0.2) is 58.5 Å². The van der Waals surface area contributed by atoms with E-state index in [9.17, 15) is 19.5 Å². The maximum atomic E-state index is 17.4. The van der Waals surface area contributed by atoms with E-state index in [0.29, 0.717) is 37.7 Å². The molecule has 5 aliphatic carbocycles. The Hall–Kier alpha value is -1.90. The molecule has 6 aliphatic rings. The molecule has 1 saturated heterocycles. The summed E-state index contributed by atoms with van der Waals surface area (Å²) < 4.78 is 35.8. The monoisotopic (exact) mass is 502 g/mol. The van der Waals surface area contributed by atoms with Crippen molar-refractivity contribution in [3.8, 4) is 0 Å². The van der Waals surface area contributed by atoms with Gasteiger partial charge in [0.15, 0.2) is 29.4 Å². The first-order valence-electron chi connectivity index (χ1n) is 13.3. The summed E-state index contributed by atoms with van der Waals surface area (Å²) in [6.45, 7) is 4.52. The lowest BCUT2D eigenvalue weighted by molar-refractivity contribution is -0.253. The van der Waals surface area contributed by atoms with Crippen molar-refractivity contribution in [3.63, 3.8) is 0 Å². The number of hydrogen-bond donors (Lipinski definition) is 1. The molecule has 8 atom stereocenters. The van der Waals surface area contributed by atoms with Gasteiger partial charge in [0.2, 0.25) is 5.78 Å². The second-order valence-electron chi connectivity index (χ2n) is 12.3. The molecule has 36 heavy (non-hydrogen) atoms. The number of halogens is 1. The van der Waals surface area contributed by atoms with Crippen molar-refractivity contribution in [3.05, 3.63) is 23.8 Å². The quantitative estimate of drug-likeness (QED) is 0.590. The van der Waals surface area contributed by atoms with Gasteiger partial charge in [0, 0.05) is 36.5 Å². The largest absolute Gasteiger partial charge is 0.458 e. The fourth-order valence-electron chi connectivity index (χ4n) is 9.04. The van der Waals surface area contributed by atoms with E-state index in [1.165, 1.54) is 19.1 Å². The predicted octanol–water partition coefficient (Wildman–Crippen LogP) is 3.52. The molecule has 5 fully saturated rings. The number of ether oxygens (including phenoxy) is 3. The van der Waals surface area contributed by atoms with Crippen LogP contribution in [0.1, 0.15) is 72.1 Å². The molecule has 1 heterocycles. The van der Waals surface area contributed by atoms with E-state index >= 15 is 4.39 Å². The summed E-state index contributed by atoms with van der Waals surface area (Å²) in [7, 11) is 0. The van der Waals surface area contributed by atoms with E-state index in [1.54, 1.807) is 13.0 Å². The molecule has 8 heteroatoms. The highest BCUT2D eigenvalue weighted by Crippen LogP contribution is 2.73. The van der Waals surface area contributed by atoms with Crippen molar-refractivity contribution in [2.24, 2.45) is 22.7 Å². The smallest absolute Gasteiger partial charge is 0.303 e. The summed E-state index contributed by atoms with van der Waals surface area (Å²) in [4.78, 5) is 37.5. The summed E-state index contributed by atoms with van der Waals surface area (Å²) in [5, 5.41) is 11.6. The number of alkyl halides is 1. The number of hydrogen-bond acceptors (Lipinski definition) is 7. The highest BCUT2D eigenvalue weighted by Gasteiger charge is 2.80. The van der Waals surface area contributed by atoms with Gasteiger partial charge in [0.1, 0.15) is 0 Å². The molecule has 0 bridgehead atoms. The van der Waals surface area contributed by atoms with E-state index in [4.69, 9.17) is 14.2 Å². The second kappa shape index (κ2) is 7.58. The zero-order valence-corrected chi connectivity index (χ0v) is 21.2. The lowest BCUT2D eigenvalue weighted by Gasteiger charge is -2.62. The van der Waals surface area contributed by atoms with Crippen LogP contribution >= 0.6 is 0 Å². The number of rotatable bonds is 3. The highest BCUT2D eigenvalue weighted by molar-refractivity contribution is 6.01. The summed E-state index contributed by atoms with van der Waals surface area (Å²) in [6, 6.07) is 0. The van der Waals surface area contributed by atoms with Crippen molar-refractivity contribution >= 4 is 17.5 Å². The molecule has 7 nitrogen and oxygen atoms in total. The van der Waals surface area contributed by atoms with Crippen LogP contribution in [0.25, 0.3) is 0 Å². The van der Waals surface area contributed by atoms with Gasteiger partial charge in [-0.15, -0.1) is 0 Å². The van der Waals surface area contributed by atoms with Gasteiger partial charge in [-0.1, -0.05) is 18.6 Å². The van der Waals surface area contributed by atoms with Crippen LogP contribution in [0.3, 0.4) is 0 Å². The molecular formula is C28H35FO7. The first-order valence-corrected chi connectivity index (χ1v) is 13.3. The van der Waals surface area contributed by atoms with Gasteiger partial charge in [-0.25, -0.2) is 4.39 Å². The lowest BCUT2D eigenvalue weighted by Crippen LogP contribution is -2.70. The summed E-state index contributed by atoms with van der Waals surface area (Å²) >= 11 is 0. The number of Topliss-reactive ketones (excluding diaryl/α,β-unsaturated/α-hetero) is 1. The normalized spacial score (nSPS) is 48.1. The number of esters is 1. The number of carbonyl (C=O) groups excluding carboxylic acids is 3. The van der Waals surface area contributed by atoms with Gasteiger partial charge in [-0.3, -0.25) is 14.4 Å². The first-order chi connectivity index (χ1) is 16.9. The summed E-state index contributed by atoms with van der Waals surface area (Å²) in [5.74, 6) is -2.80.